The van der Waals surface area contributed by atoms with Gasteiger partial charge in [0.25, 0.3) is 11.6 Å². The number of carbonyl (C=O) groups excluding carboxylic acids is 1. The van der Waals surface area contributed by atoms with E-state index in [9.17, 15) is 23.1 Å². The average molecular weight is 315 g/mol. The molecule has 2 rings (SSSR count). The number of hydrazone groups is 1. The number of aliphatic hydroxyl groups is 1. The van der Waals surface area contributed by atoms with Gasteiger partial charge in [0.1, 0.15) is 0 Å². The van der Waals surface area contributed by atoms with Crippen molar-refractivity contribution in [2.45, 2.75) is 44.5 Å². The second kappa shape index (κ2) is 6.04. The average Bonchev–Trinajstić information content (AvgIpc) is 2.83. The largest absolute Gasteiger partial charge is 0.438 e. The van der Waals surface area contributed by atoms with Crippen LogP contribution in [0.3, 0.4) is 0 Å². The number of carbonyl (C=O) groups is 1. The smallest absolute Gasteiger partial charge is 0.362 e. The first-order valence-corrected chi connectivity index (χ1v) is 6.89. The monoisotopic (exact) mass is 315 g/mol. The molecule has 8 heteroatoms. The number of hydrogen-bond donors (Lipinski definition) is 1. The number of rotatable bonds is 4. The zero-order valence-electron chi connectivity index (χ0n) is 12.0. The second-order valence-electron chi connectivity index (χ2n) is 5.11. The van der Waals surface area contributed by atoms with E-state index in [0.29, 0.717) is 12.8 Å². The van der Waals surface area contributed by atoms with Crippen LogP contribution in [0.1, 0.15) is 43.0 Å². The molecule has 1 amide bonds. The van der Waals surface area contributed by atoms with Crippen LogP contribution in [0, 0.1) is 0 Å². The zero-order valence-corrected chi connectivity index (χ0v) is 12.0. The number of nitrogens with zero attached hydrogens (tertiary/aromatic N) is 3. The van der Waals surface area contributed by atoms with Gasteiger partial charge in [0.2, 0.25) is 0 Å². The van der Waals surface area contributed by atoms with Gasteiger partial charge in [-0.3, -0.25) is 9.78 Å². The predicted molar refractivity (Wildman–Crippen MR) is 73.0 cm³/mol. The third kappa shape index (κ3) is 2.96. The van der Waals surface area contributed by atoms with Crippen LogP contribution in [-0.4, -0.2) is 38.6 Å². The number of halogens is 3. The SMILES string of the molecule is CCCCC1=NN(C(=O)c2ccncc2)[C@](O)(C(F)(F)F)C1. The highest BCUT2D eigenvalue weighted by Gasteiger charge is 2.63. The van der Waals surface area contributed by atoms with Gasteiger partial charge in [-0.1, -0.05) is 13.3 Å². The molecule has 120 valence electrons. The molecule has 0 radical (unpaired) electrons. The van der Waals surface area contributed by atoms with E-state index in [1.54, 1.807) is 0 Å². The Kier molecular flexibility index (Phi) is 4.50. The maximum atomic E-state index is 13.2. The summed E-state index contributed by atoms with van der Waals surface area (Å²) < 4.78 is 39.7. The minimum Gasteiger partial charge on any atom is -0.362 e. The van der Waals surface area contributed by atoms with Crippen molar-refractivity contribution in [2.24, 2.45) is 5.10 Å². The van der Waals surface area contributed by atoms with Gasteiger partial charge < -0.3 is 5.11 Å². The highest BCUT2D eigenvalue weighted by Crippen LogP contribution is 2.41. The van der Waals surface area contributed by atoms with Gasteiger partial charge in [-0.25, -0.2) is 0 Å². The highest BCUT2D eigenvalue weighted by atomic mass is 19.4. The molecular formula is C14H16F3N3O2. The van der Waals surface area contributed by atoms with E-state index in [2.05, 4.69) is 10.1 Å². The first kappa shape index (κ1) is 16.4. The molecule has 2 heterocycles. The van der Waals surface area contributed by atoms with Crippen LogP contribution in [-0.2, 0) is 0 Å². The Labute approximate surface area is 125 Å². The lowest BCUT2D eigenvalue weighted by molar-refractivity contribution is -0.297. The summed E-state index contributed by atoms with van der Waals surface area (Å²) in [5, 5.41) is 13.9. The fraction of sp³-hybridized carbons (Fsp3) is 0.500. The van der Waals surface area contributed by atoms with E-state index in [0.717, 1.165) is 6.42 Å². The van der Waals surface area contributed by atoms with Crippen molar-refractivity contribution in [1.29, 1.82) is 0 Å². The summed E-state index contributed by atoms with van der Waals surface area (Å²) in [6, 6.07) is 2.55. The highest BCUT2D eigenvalue weighted by molar-refractivity contribution is 5.98. The second-order valence-corrected chi connectivity index (χ2v) is 5.11. The minimum absolute atomic E-state index is 0.0156. The summed E-state index contributed by atoms with van der Waals surface area (Å²) in [6.07, 6.45) is -1.39. The van der Waals surface area contributed by atoms with Crippen LogP contribution >= 0.6 is 0 Å². The van der Waals surface area contributed by atoms with Gasteiger partial charge >= 0.3 is 6.18 Å². The number of amides is 1. The fourth-order valence-electron chi connectivity index (χ4n) is 2.19. The molecule has 0 unspecified atom stereocenters. The number of hydrogen-bond acceptors (Lipinski definition) is 4. The Bertz CT molecular complexity index is 574. The molecule has 0 aliphatic carbocycles. The van der Waals surface area contributed by atoms with Crippen molar-refractivity contribution in [3.05, 3.63) is 30.1 Å². The summed E-state index contributed by atoms with van der Waals surface area (Å²) in [6.45, 7) is 1.89. The van der Waals surface area contributed by atoms with Crippen molar-refractivity contribution in [1.82, 2.24) is 9.99 Å². The number of pyridine rings is 1. The van der Waals surface area contributed by atoms with Crippen LogP contribution in [0.4, 0.5) is 13.2 Å². The van der Waals surface area contributed by atoms with Crippen LogP contribution < -0.4 is 0 Å². The van der Waals surface area contributed by atoms with Gasteiger partial charge in [0.15, 0.2) is 0 Å². The van der Waals surface area contributed by atoms with Crippen molar-refractivity contribution < 1.29 is 23.1 Å². The Morgan fingerprint density at radius 2 is 2.05 bits per heavy atom. The van der Waals surface area contributed by atoms with Crippen molar-refractivity contribution in [2.75, 3.05) is 0 Å². The van der Waals surface area contributed by atoms with Gasteiger partial charge in [0, 0.05) is 30.1 Å². The van der Waals surface area contributed by atoms with Gasteiger partial charge in [0.05, 0.1) is 0 Å². The molecular weight excluding hydrogens is 299 g/mol. The Morgan fingerprint density at radius 3 is 2.59 bits per heavy atom. The summed E-state index contributed by atoms with van der Waals surface area (Å²) >= 11 is 0. The Hall–Kier alpha value is -1.96. The molecule has 0 spiro atoms. The predicted octanol–water partition coefficient (Wildman–Crippen LogP) is 2.72. The van der Waals surface area contributed by atoms with E-state index in [1.807, 2.05) is 6.92 Å². The lowest BCUT2D eigenvalue weighted by atomic mass is 10.0. The first-order chi connectivity index (χ1) is 10.3. The molecule has 0 saturated heterocycles. The number of alkyl halides is 3. The number of unbranched alkanes of at least 4 members (excludes halogenated alkanes) is 1. The molecule has 1 aromatic rings. The molecule has 0 aromatic carbocycles. The van der Waals surface area contributed by atoms with E-state index >= 15 is 0 Å². The molecule has 1 N–H and O–H groups in total. The standard InChI is InChI=1S/C14H16F3N3O2/c1-2-3-4-11-9-13(22,14(15,16)17)20(19-11)12(21)10-5-7-18-8-6-10/h5-8,22H,2-4,9H2,1H3/t13-/m1/s1. The topological polar surface area (TPSA) is 65.8 Å². The molecule has 1 aromatic heterocycles. The molecule has 5 nitrogen and oxygen atoms in total. The Morgan fingerprint density at radius 1 is 1.41 bits per heavy atom. The lowest BCUT2D eigenvalue weighted by Gasteiger charge is -2.32. The summed E-state index contributed by atoms with van der Waals surface area (Å²) in [5.74, 6) is -1.01. The molecule has 1 atom stereocenters. The van der Waals surface area contributed by atoms with Crippen LogP contribution in [0.25, 0.3) is 0 Å². The summed E-state index contributed by atoms with van der Waals surface area (Å²) in [7, 11) is 0. The van der Waals surface area contributed by atoms with Gasteiger partial charge in [-0.15, -0.1) is 0 Å². The molecule has 1 aliphatic heterocycles. The van der Waals surface area contributed by atoms with Crippen LogP contribution in [0.15, 0.2) is 29.6 Å². The maximum absolute atomic E-state index is 13.2. The van der Waals surface area contributed by atoms with Crippen molar-refractivity contribution >= 4 is 11.6 Å². The van der Waals surface area contributed by atoms with Crippen LogP contribution in [0.5, 0.6) is 0 Å². The van der Waals surface area contributed by atoms with Crippen molar-refractivity contribution in [3.8, 4) is 0 Å². The normalized spacial score (nSPS) is 21.9. The molecule has 0 saturated carbocycles. The van der Waals surface area contributed by atoms with Crippen LogP contribution in [0.2, 0.25) is 0 Å². The first-order valence-electron chi connectivity index (χ1n) is 6.89. The van der Waals surface area contributed by atoms with Crippen molar-refractivity contribution in [3.63, 3.8) is 0 Å². The van der Waals surface area contributed by atoms with Gasteiger partial charge in [-0.05, 0) is 25.0 Å². The van der Waals surface area contributed by atoms with E-state index in [4.69, 9.17) is 0 Å². The minimum atomic E-state index is -4.99. The van der Waals surface area contributed by atoms with E-state index in [1.165, 1.54) is 24.5 Å². The third-order valence-corrected chi connectivity index (χ3v) is 3.43. The quantitative estimate of drug-likeness (QED) is 0.929. The number of aromatic nitrogens is 1. The molecule has 0 fully saturated rings. The fourth-order valence-corrected chi connectivity index (χ4v) is 2.19. The maximum Gasteiger partial charge on any atom is 0.438 e. The third-order valence-electron chi connectivity index (χ3n) is 3.43. The van der Waals surface area contributed by atoms with E-state index < -0.39 is 24.2 Å². The zero-order chi connectivity index (χ0) is 16.4. The van der Waals surface area contributed by atoms with E-state index in [-0.39, 0.29) is 16.3 Å². The molecule has 1 aliphatic rings. The Balaban J connectivity index is 2.34. The molecule has 0 bridgehead atoms. The van der Waals surface area contributed by atoms with Gasteiger partial charge in [-0.2, -0.15) is 23.3 Å². The summed E-state index contributed by atoms with van der Waals surface area (Å²) in [5.41, 5.74) is -3.14. The lowest BCUT2D eigenvalue weighted by Crippen LogP contribution is -2.56. The molecule has 22 heavy (non-hydrogen) atoms. The summed E-state index contributed by atoms with van der Waals surface area (Å²) in [4.78, 5) is 16.0.